The molecule has 0 aromatic carbocycles. The number of halogens is 3. The summed E-state index contributed by atoms with van der Waals surface area (Å²) in [6.45, 7) is 6.74. The molecule has 1 fully saturated rings. The fraction of sp³-hybridized carbons (Fsp3) is 0.526. The Bertz CT molecular complexity index is 1060. The van der Waals surface area contributed by atoms with Gasteiger partial charge in [0.25, 0.3) is 6.43 Å². The molecule has 0 unspecified atom stereocenters. The molecule has 0 bridgehead atoms. The highest BCUT2D eigenvalue weighted by atomic mass is 127. The lowest BCUT2D eigenvalue weighted by Gasteiger charge is -2.32. The van der Waals surface area contributed by atoms with Crippen LogP contribution in [0.25, 0.3) is 11.0 Å². The van der Waals surface area contributed by atoms with Crippen LogP contribution in [0, 0.1) is 6.92 Å². The Balaban J connectivity index is 1.47. The van der Waals surface area contributed by atoms with Crippen LogP contribution in [0.15, 0.2) is 18.5 Å². The maximum Gasteiger partial charge on any atom is 0.265 e. The molecule has 3 aromatic heterocycles. The van der Waals surface area contributed by atoms with Gasteiger partial charge in [0.1, 0.15) is 6.10 Å². The lowest BCUT2D eigenvalue weighted by Crippen LogP contribution is -2.46. The van der Waals surface area contributed by atoms with Gasteiger partial charge in [-0.25, -0.2) is 8.78 Å². The molecule has 1 saturated heterocycles. The van der Waals surface area contributed by atoms with Gasteiger partial charge in [-0.05, 0) is 19.9 Å². The highest BCUT2D eigenvalue weighted by Crippen LogP contribution is 2.31. The van der Waals surface area contributed by atoms with Crippen LogP contribution in [-0.2, 0) is 11.3 Å². The third-order valence-corrected chi connectivity index (χ3v) is 6.98. The summed E-state index contributed by atoms with van der Waals surface area (Å²) in [7, 11) is 1.51. The molecule has 174 valence electrons. The van der Waals surface area contributed by atoms with E-state index in [2.05, 4.69) is 41.6 Å². The molecule has 0 amide bonds. The zero-order valence-corrected chi connectivity index (χ0v) is 20.6. The van der Waals surface area contributed by atoms with E-state index in [1.807, 2.05) is 39.7 Å². The topological polar surface area (TPSA) is 82.3 Å². The maximum atomic E-state index is 12.9. The van der Waals surface area contributed by atoms with Crippen LogP contribution in [0.3, 0.4) is 0 Å². The third kappa shape index (κ3) is 5.10. The van der Waals surface area contributed by atoms with E-state index >= 15 is 0 Å². The first-order chi connectivity index (χ1) is 15.5. The minimum Gasteiger partial charge on any atom is -0.477 e. The van der Waals surface area contributed by atoms with Crippen molar-refractivity contribution in [2.45, 2.75) is 32.9 Å². The van der Waals surface area contributed by atoms with Crippen molar-refractivity contribution in [2.24, 2.45) is 0 Å². The molecule has 9 nitrogen and oxygen atoms in total. The fourth-order valence-corrected chi connectivity index (χ4v) is 4.83. The smallest absolute Gasteiger partial charge is 0.265 e. The molecular formula is C19H24F2IN7O2S. The first kappa shape index (κ1) is 23.4. The van der Waals surface area contributed by atoms with Crippen LogP contribution >= 0.6 is 30.3 Å². The second kappa shape index (κ2) is 10.5. The molecule has 1 N–H and O–H groups in total. The molecular weight excluding hydrogens is 555 g/mol. The van der Waals surface area contributed by atoms with Crippen molar-refractivity contribution in [1.29, 1.82) is 0 Å². The minimum absolute atomic E-state index is 0.228. The zero-order valence-electron chi connectivity index (χ0n) is 17.7. The molecule has 4 rings (SSSR count). The maximum absolute atomic E-state index is 12.9. The van der Waals surface area contributed by atoms with Gasteiger partial charge in [-0.2, -0.15) is 15.1 Å². The lowest BCUT2D eigenvalue weighted by molar-refractivity contribution is -0.102. The SMILES string of the molecule is CCOc1nc(Nc2cnn(CCN3CCO[C@H](C(F)F)C3)c2C)nc2c1ccn2SI. The predicted molar refractivity (Wildman–Crippen MR) is 128 cm³/mol. The van der Waals surface area contributed by atoms with Crippen LogP contribution in [0.4, 0.5) is 20.4 Å². The number of morpholine rings is 1. The molecule has 13 heteroatoms. The largest absolute Gasteiger partial charge is 0.477 e. The van der Waals surface area contributed by atoms with Gasteiger partial charge in [0.15, 0.2) is 5.65 Å². The van der Waals surface area contributed by atoms with Gasteiger partial charge < -0.3 is 14.8 Å². The summed E-state index contributed by atoms with van der Waals surface area (Å²) >= 11 is 2.20. The average Bonchev–Trinajstić information content (AvgIpc) is 3.36. The molecule has 0 saturated carbocycles. The number of alkyl halides is 2. The second-order valence-corrected chi connectivity index (χ2v) is 8.98. The summed E-state index contributed by atoms with van der Waals surface area (Å²) in [5.41, 5.74) is 2.44. The van der Waals surface area contributed by atoms with Crippen LogP contribution in [-0.4, -0.2) is 74.0 Å². The minimum atomic E-state index is -2.47. The first-order valence-electron chi connectivity index (χ1n) is 10.2. The first-order valence-corrected chi connectivity index (χ1v) is 13.5. The normalized spacial score (nSPS) is 17.4. The summed E-state index contributed by atoms with van der Waals surface area (Å²) in [6.07, 6.45) is 0.156. The van der Waals surface area contributed by atoms with Crippen molar-refractivity contribution in [1.82, 2.24) is 28.6 Å². The summed E-state index contributed by atoms with van der Waals surface area (Å²) in [6, 6.07) is 1.93. The van der Waals surface area contributed by atoms with Crippen LogP contribution in [0.5, 0.6) is 5.88 Å². The number of hydrogen-bond donors (Lipinski definition) is 1. The molecule has 0 aliphatic carbocycles. The van der Waals surface area contributed by atoms with Crippen molar-refractivity contribution in [3.63, 3.8) is 0 Å². The third-order valence-electron chi connectivity index (χ3n) is 5.27. The van der Waals surface area contributed by atoms with Gasteiger partial charge in [-0.15, -0.1) is 0 Å². The molecule has 1 aliphatic rings. The van der Waals surface area contributed by atoms with Crippen LogP contribution < -0.4 is 10.1 Å². The molecule has 3 aromatic rings. The number of rotatable bonds is 9. The molecule has 0 spiro atoms. The Morgan fingerprint density at radius 3 is 2.97 bits per heavy atom. The monoisotopic (exact) mass is 579 g/mol. The molecule has 4 heterocycles. The van der Waals surface area contributed by atoms with E-state index in [9.17, 15) is 8.78 Å². The van der Waals surface area contributed by atoms with Crippen molar-refractivity contribution in [3.8, 4) is 5.88 Å². The second-order valence-electron chi connectivity index (χ2n) is 7.27. The van der Waals surface area contributed by atoms with Crippen molar-refractivity contribution in [2.75, 3.05) is 38.2 Å². The Morgan fingerprint density at radius 2 is 2.22 bits per heavy atom. The number of nitrogens with one attached hydrogen (secondary N) is 1. The number of fused-ring (bicyclic) bond motifs is 1. The van der Waals surface area contributed by atoms with Gasteiger partial charge in [-0.3, -0.25) is 13.6 Å². The summed E-state index contributed by atoms with van der Waals surface area (Å²) in [5.74, 6) is 0.942. The molecule has 1 atom stereocenters. The molecule has 32 heavy (non-hydrogen) atoms. The van der Waals surface area contributed by atoms with E-state index in [4.69, 9.17) is 9.47 Å². The van der Waals surface area contributed by atoms with E-state index in [1.165, 1.54) is 9.12 Å². The van der Waals surface area contributed by atoms with Crippen molar-refractivity contribution in [3.05, 3.63) is 24.2 Å². The zero-order chi connectivity index (χ0) is 22.7. The number of hydrogen-bond acceptors (Lipinski definition) is 8. The number of ether oxygens (including phenoxy) is 2. The summed E-state index contributed by atoms with van der Waals surface area (Å²) in [4.78, 5) is 11.2. The highest BCUT2D eigenvalue weighted by Gasteiger charge is 2.27. The standard InChI is InChI=1S/C19H24F2IN7O2S/c1-3-30-18-13-4-5-29(32-22)17(13)25-19(26-18)24-14-10-23-28(12(14)2)7-6-27-8-9-31-15(11-27)16(20)21/h4-5,10,15-16H,3,6-9,11H2,1-2H3,(H,24,25,26)/t15-/m0/s1. The highest BCUT2D eigenvalue weighted by molar-refractivity contribution is 14.2. The van der Waals surface area contributed by atoms with Crippen molar-refractivity contribution < 1.29 is 18.3 Å². The lowest BCUT2D eigenvalue weighted by atomic mass is 10.3. The van der Waals surface area contributed by atoms with Gasteiger partial charge in [0, 0.05) is 56.2 Å². The summed E-state index contributed by atoms with van der Waals surface area (Å²) in [5, 5.41) is 8.54. The molecule has 1 aliphatic heterocycles. The van der Waals surface area contributed by atoms with E-state index in [1.54, 1.807) is 6.20 Å². The van der Waals surface area contributed by atoms with Gasteiger partial charge in [-0.1, -0.05) is 0 Å². The van der Waals surface area contributed by atoms with Gasteiger partial charge >= 0.3 is 0 Å². The Labute approximate surface area is 200 Å². The summed E-state index contributed by atoms with van der Waals surface area (Å²) < 4.78 is 40.5. The molecule has 0 radical (unpaired) electrons. The number of nitrogens with zero attached hydrogens (tertiary/aromatic N) is 6. The van der Waals surface area contributed by atoms with E-state index in [-0.39, 0.29) is 6.54 Å². The van der Waals surface area contributed by atoms with Crippen LogP contribution in [0.2, 0.25) is 0 Å². The van der Waals surface area contributed by atoms with Gasteiger partial charge in [0.05, 0.1) is 42.7 Å². The van der Waals surface area contributed by atoms with E-state index < -0.39 is 12.5 Å². The van der Waals surface area contributed by atoms with E-state index in [0.717, 1.165) is 22.4 Å². The Morgan fingerprint density at radius 1 is 1.38 bits per heavy atom. The number of anilines is 2. The predicted octanol–water partition coefficient (Wildman–Crippen LogP) is 3.89. The van der Waals surface area contributed by atoms with Crippen molar-refractivity contribution >= 4 is 53.0 Å². The average molecular weight is 579 g/mol. The van der Waals surface area contributed by atoms with Crippen LogP contribution in [0.1, 0.15) is 12.6 Å². The van der Waals surface area contributed by atoms with E-state index in [0.29, 0.717) is 44.7 Å². The quantitative estimate of drug-likeness (QED) is 0.383. The van der Waals surface area contributed by atoms with Gasteiger partial charge in [0.2, 0.25) is 11.8 Å². The Hall–Kier alpha value is -1.71. The Kier molecular flexibility index (Phi) is 7.68. The number of aromatic nitrogens is 5. The fourth-order valence-electron chi connectivity index (χ4n) is 3.56.